The van der Waals surface area contributed by atoms with E-state index in [2.05, 4.69) is 15.0 Å². The van der Waals surface area contributed by atoms with E-state index in [9.17, 15) is 13.2 Å². The number of nitrogens with zero attached hydrogens (tertiary/aromatic N) is 1. The van der Waals surface area contributed by atoms with Crippen LogP contribution in [0, 0.1) is 6.92 Å². The molecule has 32 heavy (non-hydrogen) atoms. The van der Waals surface area contributed by atoms with Crippen LogP contribution in [0.2, 0.25) is 0 Å². The Morgan fingerprint density at radius 2 is 1.78 bits per heavy atom. The highest BCUT2D eigenvalue weighted by Gasteiger charge is 2.19. The summed E-state index contributed by atoms with van der Waals surface area (Å²) in [7, 11) is -3.83. The zero-order chi connectivity index (χ0) is 23.5. The normalized spacial score (nSPS) is 15.2. The summed E-state index contributed by atoms with van der Waals surface area (Å²) < 4.78 is 46.8. The molecule has 12 heteroatoms. The van der Waals surface area contributed by atoms with Gasteiger partial charge in [0.25, 0.3) is 0 Å². The van der Waals surface area contributed by atoms with Crippen molar-refractivity contribution in [3.05, 3.63) is 58.4 Å². The van der Waals surface area contributed by atoms with Gasteiger partial charge in [-0.2, -0.15) is 0 Å². The van der Waals surface area contributed by atoms with Crippen molar-refractivity contribution < 1.29 is 21.9 Å². The maximum Gasteiger partial charge on any atom is 0.248 e. The number of ether oxygens (including phenoxy) is 1. The average Bonchev–Trinajstić information content (AvgIpc) is 2.72. The number of rotatable bonds is 3. The fourth-order valence-corrected chi connectivity index (χ4v) is 4.13. The van der Waals surface area contributed by atoms with Crippen molar-refractivity contribution in [2.75, 3.05) is 31.2 Å². The first-order chi connectivity index (χ1) is 15.1. The van der Waals surface area contributed by atoms with Crippen molar-refractivity contribution in [2.45, 2.75) is 11.8 Å². The number of nitrogens with two attached hydrogens (primary N) is 2. The molecule has 0 saturated carbocycles. The Morgan fingerprint density at radius 3 is 2.41 bits per heavy atom. The first-order valence-electron chi connectivity index (χ1n) is 9.53. The number of nitrogens with one attached hydrogen (secondary N) is 1. The Hall–Kier alpha value is -2.61. The molecule has 0 aliphatic carbocycles. The molecule has 2 aromatic carbocycles. The van der Waals surface area contributed by atoms with Gasteiger partial charge in [-0.05, 0) is 48.4 Å². The summed E-state index contributed by atoms with van der Waals surface area (Å²) in [5, 5.41) is 10.3. The molecule has 1 unspecified atom stereocenters. The summed E-state index contributed by atoms with van der Waals surface area (Å²) in [5.74, 6) is 0. The van der Waals surface area contributed by atoms with E-state index in [1.54, 1.807) is 18.2 Å². The van der Waals surface area contributed by atoms with Crippen molar-refractivity contribution in [3.63, 3.8) is 0 Å². The zero-order valence-electron chi connectivity index (χ0n) is 17.2. The fraction of sp³-hybridized carbons (Fsp3) is 0.250. The number of aromatic amines is 1. The van der Waals surface area contributed by atoms with E-state index in [1.807, 2.05) is 25.1 Å². The number of fused-ring (bicyclic) bond motifs is 1. The Morgan fingerprint density at radius 1 is 1.12 bits per heavy atom. The summed E-state index contributed by atoms with van der Waals surface area (Å²) in [6.45, 7) is 4.57. The monoisotopic (exact) mass is 479 g/mol. The van der Waals surface area contributed by atoms with Gasteiger partial charge in [-0.3, -0.25) is 14.1 Å². The molecule has 172 valence electrons. The lowest BCUT2D eigenvalue weighted by Crippen LogP contribution is -2.36. The van der Waals surface area contributed by atoms with Crippen LogP contribution in [0.5, 0.6) is 0 Å². The number of aromatic nitrogens is 1. The first kappa shape index (κ1) is 24.0. The highest BCUT2D eigenvalue weighted by atomic mass is 32.2. The smallest absolute Gasteiger partial charge is 0.248 e. The number of primary sulfonamides is 1. The molecular formula is C20H23N4O6S2-. The minimum Gasteiger partial charge on any atom is -0.760 e. The Kier molecular flexibility index (Phi) is 7.44. The largest absolute Gasteiger partial charge is 0.760 e. The van der Waals surface area contributed by atoms with Gasteiger partial charge in [-0.1, -0.05) is 6.07 Å². The van der Waals surface area contributed by atoms with E-state index in [0.717, 1.165) is 46.4 Å². The van der Waals surface area contributed by atoms with Gasteiger partial charge in [-0.25, -0.2) is 13.6 Å². The molecule has 5 N–H and O–H groups in total. The second-order valence-electron chi connectivity index (χ2n) is 7.16. The third-order valence-electron chi connectivity index (χ3n) is 5.01. The number of pyridine rings is 1. The minimum absolute atomic E-state index is 0.0674. The topological polar surface area (TPSA) is 172 Å². The van der Waals surface area contributed by atoms with Crippen molar-refractivity contribution in [2.24, 2.45) is 10.3 Å². The van der Waals surface area contributed by atoms with E-state index < -0.39 is 21.3 Å². The van der Waals surface area contributed by atoms with Gasteiger partial charge in [0.2, 0.25) is 15.6 Å². The van der Waals surface area contributed by atoms with Gasteiger partial charge < -0.3 is 19.2 Å². The van der Waals surface area contributed by atoms with Gasteiger partial charge in [0, 0.05) is 52.6 Å². The number of H-pyrrole nitrogens is 1. The van der Waals surface area contributed by atoms with Crippen LogP contribution in [-0.2, 0) is 26.0 Å². The minimum atomic E-state index is -3.83. The highest BCUT2D eigenvalue weighted by Crippen LogP contribution is 2.35. The summed E-state index contributed by atoms with van der Waals surface area (Å²) in [4.78, 5) is 16.8. The summed E-state index contributed by atoms with van der Waals surface area (Å²) >= 11 is -2.36. The van der Waals surface area contributed by atoms with E-state index >= 15 is 0 Å². The molecule has 0 radical (unpaired) electrons. The maximum atomic E-state index is 11.9. The highest BCUT2D eigenvalue weighted by molar-refractivity contribution is 7.89. The van der Waals surface area contributed by atoms with Gasteiger partial charge >= 0.3 is 0 Å². The molecule has 10 nitrogen and oxygen atoms in total. The van der Waals surface area contributed by atoms with Crippen molar-refractivity contribution >= 4 is 37.9 Å². The van der Waals surface area contributed by atoms with Crippen LogP contribution in [0.15, 0.2) is 52.2 Å². The van der Waals surface area contributed by atoms with Crippen LogP contribution in [-0.4, -0.2) is 48.5 Å². The summed E-state index contributed by atoms with van der Waals surface area (Å²) in [5.41, 5.74) is 4.01. The maximum absolute atomic E-state index is 11.9. The number of hydrogen-bond donors (Lipinski definition) is 3. The number of sulfonamides is 1. The van der Waals surface area contributed by atoms with E-state index in [1.165, 1.54) is 6.07 Å². The number of morpholine rings is 1. The molecule has 2 heterocycles. The van der Waals surface area contributed by atoms with Crippen LogP contribution >= 0.6 is 0 Å². The predicted octanol–water partition coefficient (Wildman–Crippen LogP) is 0.727. The van der Waals surface area contributed by atoms with E-state index in [0.29, 0.717) is 13.2 Å². The quantitative estimate of drug-likeness (QED) is 0.464. The fourth-order valence-electron chi connectivity index (χ4n) is 3.59. The lowest BCUT2D eigenvalue weighted by molar-refractivity contribution is 0.123. The number of benzene rings is 2. The molecule has 1 aliphatic rings. The number of aryl methyl sites for hydroxylation is 1. The molecule has 0 amide bonds. The first-order valence-corrected chi connectivity index (χ1v) is 12.2. The SMILES string of the molecule is Cc1cc(=O)[nH]c2ccc(-c3cc(S(N)(=O)=O)ccc3N3CCOCC3)cc12.NS(=O)[O-]. The number of hydrogen-bond acceptors (Lipinski definition) is 7. The summed E-state index contributed by atoms with van der Waals surface area (Å²) in [6.07, 6.45) is 0. The van der Waals surface area contributed by atoms with Crippen molar-refractivity contribution in [1.29, 1.82) is 0 Å². The summed E-state index contributed by atoms with van der Waals surface area (Å²) in [6, 6.07) is 12.2. The lowest BCUT2D eigenvalue weighted by atomic mass is 9.99. The molecule has 1 atom stereocenters. The van der Waals surface area contributed by atoms with Gasteiger partial charge in [0.05, 0.1) is 18.1 Å². The van der Waals surface area contributed by atoms with Crippen LogP contribution < -0.4 is 20.7 Å². The Balaban J connectivity index is 0.000000668. The van der Waals surface area contributed by atoms with Crippen LogP contribution in [0.25, 0.3) is 22.0 Å². The molecule has 3 aromatic rings. The van der Waals surface area contributed by atoms with Crippen molar-refractivity contribution in [1.82, 2.24) is 4.98 Å². The van der Waals surface area contributed by atoms with Crippen molar-refractivity contribution in [3.8, 4) is 11.1 Å². The number of anilines is 1. The lowest BCUT2D eigenvalue weighted by Gasteiger charge is -2.31. The Labute approximate surface area is 187 Å². The van der Waals surface area contributed by atoms with Crippen LogP contribution in [0.3, 0.4) is 0 Å². The second-order valence-corrected chi connectivity index (χ2v) is 9.24. The molecule has 1 aliphatic heterocycles. The second kappa shape index (κ2) is 9.90. The molecule has 0 spiro atoms. The molecule has 1 fully saturated rings. The van der Waals surface area contributed by atoms with Crippen LogP contribution in [0.4, 0.5) is 5.69 Å². The molecular weight excluding hydrogens is 456 g/mol. The van der Waals surface area contributed by atoms with E-state index in [-0.39, 0.29) is 10.5 Å². The molecule has 4 rings (SSSR count). The molecule has 1 saturated heterocycles. The van der Waals surface area contributed by atoms with Crippen LogP contribution in [0.1, 0.15) is 5.56 Å². The van der Waals surface area contributed by atoms with Gasteiger partial charge in [0.15, 0.2) is 0 Å². The molecule has 0 bridgehead atoms. The standard InChI is InChI=1S/C20H21N3O4S.H3NO2S/c1-13-10-20(24)22-18-4-2-14(11-16(13)18)17-12-15(28(21,25)26)3-5-19(17)23-6-8-27-9-7-23;1-4(2)3/h2-5,10-12H,6-9H2,1H3,(H,22,24)(H2,21,25,26);1H2,(H,2,3)/p-1. The Bertz CT molecular complexity index is 1310. The third kappa shape index (κ3) is 5.79. The third-order valence-corrected chi connectivity index (χ3v) is 5.92. The van der Waals surface area contributed by atoms with E-state index in [4.69, 9.17) is 18.6 Å². The average molecular weight is 480 g/mol. The zero-order valence-corrected chi connectivity index (χ0v) is 18.9. The predicted molar refractivity (Wildman–Crippen MR) is 122 cm³/mol. The van der Waals surface area contributed by atoms with Gasteiger partial charge in [0.1, 0.15) is 0 Å². The van der Waals surface area contributed by atoms with Gasteiger partial charge in [-0.15, -0.1) is 0 Å². The molecule has 1 aromatic heterocycles.